The van der Waals surface area contributed by atoms with E-state index in [2.05, 4.69) is 34.1 Å². The van der Waals surface area contributed by atoms with Crippen LogP contribution in [-0.2, 0) is 0 Å². The zero-order chi connectivity index (χ0) is 15.0. The molecule has 0 saturated heterocycles. The Balaban J connectivity index is 2.10. The summed E-state index contributed by atoms with van der Waals surface area (Å²) in [4.78, 5) is 11.8. The molecule has 0 amide bonds. The maximum atomic E-state index is 6.05. The molecule has 3 aromatic rings. The first-order valence-corrected chi connectivity index (χ1v) is 7.37. The van der Waals surface area contributed by atoms with Gasteiger partial charge in [0.15, 0.2) is 5.82 Å². The molecule has 6 heteroatoms. The standard InChI is InChI=1S/C15H14Cl2N4/c1-8(2)11-7-18-13-12(11)20-15(17)21-14(13)19-10-5-3-4-9(16)6-10/h3-8,18H,1-2H3,(H,19,20,21). The third-order valence-corrected chi connectivity index (χ3v) is 3.64. The van der Waals surface area contributed by atoms with Crippen LogP contribution < -0.4 is 5.32 Å². The number of rotatable bonds is 3. The molecule has 0 saturated carbocycles. The van der Waals surface area contributed by atoms with Crippen molar-refractivity contribution in [3.8, 4) is 0 Å². The second-order valence-electron chi connectivity index (χ2n) is 5.10. The minimum absolute atomic E-state index is 0.216. The van der Waals surface area contributed by atoms with Gasteiger partial charge in [-0.05, 0) is 41.3 Å². The minimum Gasteiger partial charge on any atom is -0.357 e. The summed E-state index contributed by atoms with van der Waals surface area (Å²) in [7, 11) is 0. The minimum atomic E-state index is 0.216. The number of nitrogens with zero attached hydrogens (tertiary/aromatic N) is 2. The fraction of sp³-hybridized carbons (Fsp3) is 0.200. The van der Waals surface area contributed by atoms with Gasteiger partial charge in [-0.3, -0.25) is 0 Å². The molecule has 0 aliphatic rings. The molecule has 2 heterocycles. The smallest absolute Gasteiger partial charge is 0.225 e. The van der Waals surface area contributed by atoms with Crippen LogP contribution in [0.2, 0.25) is 10.3 Å². The lowest BCUT2D eigenvalue weighted by Gasteiger charge is -2.08. The Morgan fingerprint density at radius 2 is 2.00 bits per heavy atom. The molecule has 2 N–H and O–H groups in total. The lowest BCUT2D eigenvalue weighted by molar-refractivity contribution is 0.872. The van der Waals surface area contributed by atoms with Gasteiger partial charge >= 0.3 is 0 Å². The highest BCUT2D eigenvalue weighted by Crippen LogP contribution is 2.30. The van der Waals surface area contributed by atoms with E-state index in [0.717, 1.165) is 22.3 Å². The van der Waals surface area contributed by atoms with Gasteiger partial charge < -0.3 is 10.3 Å². The molecule has 0 aliphatic heterocycles. The monoisotopic (exact) mass is 320 g/mol. The second-order valence-corrected chi connectivity index (χ2v) is 5.87. The maximum absolute atomic E-state index is 6.05. The SMILES string of the molecule is CC(C)c1c[nH]c2c(Nc3cccc(Cl)c3)nc(Cl)nc12. The van der Waals surface area contributed by atoms with Gasteiger partial charge in [0.25, 0.3) is 0 Å². The van der Waals surface area contributed by atoms with Crippen LogP contribution in [0.3, 0.4) is 0 Å². The van der Waals surface area contributed by atoms with Crippen molar-refractivity contribution in [2.24, 2.45) is 0 Å². The van der Waals surface area contributed by atoms with Gasteiger partial charge in [-0.15, -0.1) is 0 Å². The quantitative estimate of drug-likeness (QED) is 0.657. The van der Waals surface area contributed by atoms with E-state index in [-0.39, 0.29) is 5.28 Å². The number of benzene rings is 1. The average Bonchev–Trinajstić information content (AvgIpc) is 2.82. The number of aromatic amines is 1. The zero-order valence-corrected chi connectivity index (χ0v) is 13.1. The number of fused-ring (bicyclic) bond motifs is 1. The van der Waals surface area contributed by atoms with Crippen molar-refractivity contribution in [2.45, 2.75) is 19.8 Å². The Morgan fingerprint density at radius 1 is 1.19 bits per heavy atom. The van der Waals surface area contributed by atoms with Gasteiger partial charge in [-0.1, -0.05) is 31.5 Å². The van der Waals surface area contributed by atoms with Gasteiger partial charge in [0.2, 0.25) is 5.28 Å². The van der Waals surface area contributed by atoms with Crippen molar-refractivity contribution < 1.29 is 0 Å². The van der Waals surface area contributed by atoms with Crippen molar-refractivity contribution in [1.29, 1.82) is 0 Å². The van der Waals surface area contributed by atoms with Crippen molar-refractivity contribution in [3.63, 3.8) is 0 Å². The van der Waals surface area contributed by atoms with Gasteiger partial charge in [0.1, 0.15) is 5.52 Å². The molecule has 108 valence electrons. The highest BCUT2D eigenvalue weighted by molar-refractivity contribution is 6.31. The first-order chi connectivity index (χ1) is 10.0. The number of hydrogen-bond donors (Lipinski definition) is 2. The van der Waals surface area contributed by atoms with E-state index < -0.39 is 0 Å². The molecule has 0 unspecified atom stereocenters. The van der Waals surface area contributed by atoms with Gasteiger partial charge in [-0.25, -0.2) is 4.98 Å². The fourth-order valence-electron chi connectivity index (χ4n) is 2.23. The zero-order valence-electron chi connectivity index (χ0n) is 11.6. The molecule has 3 rings (SSSR count). The second kappa shape index (κ2) is 5.54. The summed E-state index contributed by atoms with van der Waals surface area (Å²) in [5.74, 6) is 0.989. The van der Waals surface area contributed by atoms with E-state index in [1.165, 1.54) is 0 Å². The lowest BCUT2D eigenvalue weighted by atomic mass is 10.1. The van der Waals surface area contributed by atoms with E-state index in [0.29, 0.717) is 16.8 Å². The summed E-state index contributed by atoms with van der Waals surface area (Å²) >= 11 is 12.1. The number of halogens is 2. The summed E-state index contributed by atoms with van der Waals surface area (Å²) in [5.41, 5.74) is 3.64. The maximum Gasteiger partial charge on any atom is 0.225 e. The van der Waals surface area contributed by atoms with Crippen molar-refractivity contribution in [3.05, 3.63) is 46.3 Å². The molecule has 0 atom stereocenters. The molecule has 1 aromatic carbocycles. The highest BCUT2D eigenvalue weighted by atomic mass is 35.5. The number of nitrogens with one attached hydrogen (secondary N) is 2. The summed E-state index contributed by atoms with van der Waals surface area (Å²) in [5, 5.41) is 4.10. The highest BCUT2D eigenvalue weighted by Gasteiger charge is 2.14. The van der Waals surface area contributed by atoms with Crippen LogP contribution in [0, 0.1) is 0 Å². The first-order valence-electron chi connectivity index (χ1n) is 6.61. The number of aromatic nitrogens is 3. The molecule has 0 bridgehead atoms. The fourth-order valence-corrected chi connectivity index (χ4v) is 2.59. The van der Waals surface area contributed by atoms with Crippen LogP contribution in [0.1, 0.15) is 25.3 Å². The predicted molar refractivity (Wildman–Crippen MR) is 87.7 cm³/mol. The summed E-state index contributed by atoms with van der Waals surface area (Å²) in [6.07, 6.45) is 1.95. The summed E-state index contributed by atoms with van der Waals surface area (Å²) < 4.78 is 0. The Bertz CT molecular complexity index is 795. The lowest BCUT2D eigenvalue weighted by Crippen LogP contribution is -1.97. The summed E-state index contributed by atoms with van der Waals surface area (Å²) in [6, 6.07) is 7.44. The first kappa shape index (κ1) is 14.2. The molecule has 0 aliphatic carbocycles. The third-order valence-electron chi connectivity index (χ3n) is 3.24. The number of hydrogen-bond acceptors (Lipinski definition) is 3. The van der Waals surface area contributed by atoms with E-state index >= 15 is 0 Å². The van der Waals surface area contributed by atoms with Crippen LogP contribution >= 0.6 is 23.2 Å². The molecule has 0 fully saturated rings. The van der Waals surface area contributed by atoms with Crippen molar-refractivity contribution >= 4 is 45.7 Å². The van der Waals surface area contributed by atoms with Gasteiger partial charge in [0.05, 0.1) is 5.52 Å². The van der Waals surface area contributed by atoms with Crippen LogP contribution in [-0.4, -0.2) is 15.0 Å². The Morgan fingerprint density at radius 3 is 2.71 bits per heavy atom. The molecular formula is C15H14Cl2N4. The molecular weight excluding hydrogens is 307 g/mol. The largest absolute Gasteiger partial charge is 0.357 e. The molecule has 21 heavy (non-hydrogen) atoms. The van der Waals surface area contributed by atoms with E-state index in [9.17, 15) is 0 Å². The molecule has 0 radical (unpaired) electrons. The number of H-pyrrole nitrogens is 1. The van der Waals surface area contributed by atoms with Gasteiger partial charge in [-0.2, -0.15) is 4.98 Å². The van der Waals surface area contributed by atoms with Crippen molar-refractivity contribution in [2.75, 3.05) is 5.32 Å². The van der Waals surface area contributed by atoms with E-state index in [1.54, 1.807) is 0 Å². The molecule has 0 spiro atoms. The average molecular weight is 321 g/mol. The van der Waals surface area contributed by atoms with Crippen molar-refractivity contribution in [1.82, 2.24) is 15.0 Å². The Kier molecular flexibility index (Phi) is 3.74. The van der Waals surface area contributed by atoms with Crippen LogP contribution in [0.4, 0.5) is 11.5 Å². The summed E-state index contributed by atoms with van der Waals surface area (Å²) in [6.45, 7) is 4.23. The molecule has 2 aromatic heterocycles. The van der Waals surface area contributed by atoms with E-state index in [4.69, 9.17) is 23.2 Å². The van der Waals surface area contributed by atoms with E-state index in [1.807, 2.05) is 30.5 Å². The number of anilines is 2. The normalized spacial score (nSPS) is 11.3. The van der Waals surface area contributed by atoms with Crippen LogP contribution in [0.15, 0.2) is 30.5 Å². The Labute approximate surface area is 132 Å². The topological polar surface area (TPSA) is 53.6 Å². The van der Waals surface area contributed by atoms with Gasteiger partial charge in [0, 0.05) is 16.9 Å². The molecule has 4 nitrogen and oxygen atoms in total. The third kappa shape index (κ3) is 2.82. The Hall–Kier alpha value is -1.78. The predicted octanol–water partition coefficient (Wildman–Crippen LogP) is 5.13. The van der Waals surface area contributed by atoms with Crippen LogP contribution in [0.25, 0.3) is 11.0 Å². The van der Waals surface area contributed by atoms with Crippen LogP contribution in [0.5, 0.6) is 0 Å².